The molecule has 0 radical (unpaired) electrons. The first-order chi connectivity index (χ1) is 18.7. The Morgan fingerprint density at radius 2 is 1.69 bits per heavy atom. The molecule has 10 heteroatoms. The topological polar surface area (TPSA) is 130 Å². The summed E-state index contributed by atoms with van der Waals surface area (Å²) in [6, 6.07) is 16.1. The van der Waals surface area contributed by atoms with Gasteiger partial charge >= 0.3 is 0 Å². The maximum Gasteiger partial charge on any atom is 0.255 e. The van der Waals surface area contributed by atoms with Crippen LogP contribution in [0.4, 0.5) is 21.6 Å². The number of halogens is 1. The molecule has 0 spiro atoms. The second-order valence-electron chi connectivity index (χ2n) is 9.81. The fraction of sp³-hybridized carbons (Fsp3) is 0.241. The van der Waals surface area contributed by atoms with Crippen LogP contribution >= 0.6 is 0 Å². The van der Waals surface area contributed by atoms with Crippen molar-refractivity contribution in [3.63, 3.8) is 0 Å². The van der Waals surface area contributed by atoms with Gasteiger partial charge < -0.3 is 26.6 Å². The van der Waals surface area contributed by atoms with E-state index in [1.807, 2.05) is 37.3 Å². The normalized spacial score (nSPS) is 14.0. The molecule has 3 aromatic carbocycles. The predicted octanol–water partition coefficient (Wildman–Crippen LogP) is 3.36. The molecule has 0 aliphatic carbocycles. The first-order valence-corrected chi connectivity index (χ1v) is 12.7. The van der Waals surface area contributed by atoms with Gasteiger partial charge in [-0.3, -0.25) is 9.59 Å². The second-order valence-corrected chi connectivity index (χ2v) is 9.81. The van der Waals surface area contributed by atoms with E-state index in [1.54, 1.807) is 24.3 Å². The third-order valence-electron chi connectivity index (χ3n) is 6.99. The highest BCUT2D eigenvalue weighted by molar-refractivity contribution is 6.05. The summed E-state index contributed by atoms with van der Waals surface area (Å²) in [5, 5.41) is 2.98. The highest BCUT2D eigenvalue weighted by atomic mass is 19.1. The van der Waals surface area contributed by atoms with E-state index in [2.05, 4.69) is 32.1 Å². The molecule has 1 aliphatic rings. The quantitative estimate of drug-likeness (QED) is 0.351. The first kappa shape index (κ1) is 26.1. The number of nitrogens with one attached hydrogen (secondary N) is 1. The molecule has 2 heterocycles. The summed E-state index contributed by atoms with van der Waals surface area (Å²) in [4.78, 5) is 37.1. The number of primary amides is 1. The van der Waals surface area contributed by atoms with Gasteiger partial charge in [-0.25, -0.2) is 14.4 Å². The number of hydrogen-bond donors (Lipinski definition) is 3. The molecule has 4 aromatic rings. The van der Waals surface area contributed by atoms with Crippen LogP contribution in [0, 0.1) is 12.7 Å². The second kappa shape index (κ2) is 10.7. The summed E-state index contributed by atoms with van der Waals surface area (Å²) >= 11 is 0. The smallest absolute Gasteiger partial charge is 0.255 e. The Morgan fingerprint density at radius 1 is 0.974 bits per heavy atom. The fourth-order valence-corrected chi connectivity index (χ4v) is 4.79. The standard InChI is InChI=1S/C29H30FN7O2/c1-17-3-6-19(33-29(39)18-4-7-20(8-5-18)37-13-11-36(2)12-14-37)15-22(17)21-9-10-23-26(27(21)30)28(32)35-25(34-23)16-24(31)38/h3-10,15H,11-14,16H2,1-2H3,(H2,31,38)(H,33,39)(H2,32,34,35). The Bertz CT molecular complexity index is 1560. The number of piperazine rings is 1. The van der Waals surface area contributed by atoms with Crippen molar-refractivity contribution >= 4 is 39.9 Å². The lowest BCUT2D eigenvalue weighted by Gasteiger charge is -2.34. The molecule has 0 bridgehead atoms. The maximum atomic E-state index is 15.7. The van der Waals surface area contributed by atoms with Crippen LogP contribution in [-0.4, -0.2) is 59.9 Å². The average Bonchev–Trinajstić information content (AvgIpc) is 2.90. The molecule has 1 saturated heterocycles. The van der Waals surface area contributed by atoms with E-state index < -0.39 is 11.7 Å². The van der Waals surface area contributed by atoms with Crippen molar-refractivity contribution in [1.82, 2.24) is 14.9 Å². The third kappa shape index (κ3) is 5.51. The Balaban J connectivity index is 1.38. The van der Waals surface area contributed by atoms with Gasteiger partial charge in [0.1, 0.15) is 17.5 Å². The van der Waals surface area contributed by atoms with Crippen molar-refractivity contribution in [2.45, 2.75) is 13.3 Å². The minimum Gasteiger partial charge on any atom is -0.383 e. The number of aromatic nitrogens is 2. The number of likely N-dealkylation sites (N-methyl/N-ethyl adjacent to an activating group) is 1. The lowest BCUT2D eigenvalue weighted by atomic mass is 9.97. The van der Waals surface area contributed by atoms with Crippen LogP contribution < -0.4 is 21.7 Å². The molecule has 1 fully saturated rings. The molecule has 5 N–H and O–H groups in total. The lowest BCUT2D eigenvalue weighted by molar-refractivity contribution is -0.117. The summed E-state index contributed by atoms with van der Waals surface area (Å²) in [5.74, 6) is -1.38. The van der Waals surface area contributed by atoms with Crippen molar-refractivity contribution in [2.75, 3.05) is 49.2 Å². The van der Waals surface area contributed by atoms with Crippen LogP contribution in [0.1, 0.15) is 21.7 Å². The van der Waals surface area contributed by atoms with Crippen molar-refractivity contribution in [2.24, 2.45) is 5.73 Å². The molecular weight excluding hydrogens is 497 g/mol. The number of carbonyl (C=O) groups excluding carboxylic acids is 2. The Hall–Kier alpha value is -4.57. The Morgan fingerprint density at radius 3 is 2.38 bits per heavy atom. The molecular formula is C29H30FN7O2. The van der Waals surface area contributed by atoms with Gasteiger partial charge in [-0.1, -0.05) is 6.07 Å². The number of anilines is 3. The fourth-order valence-electron chi connectivity index (χ4n) is 4.79. The average molecular weight is 528 g/mol. The van der Waals surface area contributed by atoms with E-state index in [1.165, 1.54) is 0 Å². The van der Waals surface area contributed by atoms with Gasteiger partial charge in [0.15, 0.2) is 0 Å². The number of fused-ring (bicyclic) bond motifs is 1. The zero-order valence-electron chi connectivity index (χ0n) is 21.9. The maximum absolute atomic E-state index is 15.7. The zero-order valence-corrected chi connectivity index (χ0v) is 21.9. The van der Waals surface area contributed by atoms with Crippen LogP contribution in [0.25, 0.3) is 22.0 Å². The monoisotopic (exact) mass is 527 g/mol. The summed E-state index contributed by atoms with van der Waals surface area (Å²) in [6.07, 6.45) is -0.192. The molecule has 0 atom stereocenters. The number of nitrogens with two attached hydrogens (primary N) is 2. The first-order valence-electron chi connectivity index (χ1n) is 12.7. The number of hydrogen-bond acceptors (Lipinski definition) is 7. The summed E-state index contributed by atoms with van der Waals surface area (Å²) in [7, 11) is 2.11. The van der Waals surface area contributed by atoms with Crippen LogP contribution in [-0.2, 0) is 11.2 Å². The van der Waals surface area contributed by atoms with Gasteiger partial charge in [0, 0.05) is 48.7 Å². The number of nitrogen functional groups attached to an aromatic ring is 1. The van der Waals surface area contributed by atoms with Crippen LogP contribution in [0.2, 0.25) is 0 Å². The number of aryl methyl sites for hydroxylation is 1. The molecule has 5 rings (SSSR count). The highest BCUT2D eigenvalue weighted by Gasteiger charge is 2.18. The van der Waals surface area contributed by atoms with Gasteiger partial charge in [-0.2, -0.15) is 0 Å². The van der Waals surface area contributed by atoms with Crippen molar-refractivity contribution < 1.29 is 14.0 Å². The number of rotatable bonds is 6. The van der Waals surface area contributed by atoms with E-state index in [-0.39, 0.29) is 34.9 Å². The SMILES string of the molecule is Cc1ccc(NC(=O)c2ccc(N3CCN(C)CC3)cc2)cc1-c1ccc2nc(CC(N)=O)nc(N)c2c1F. The van der Waals surface area contributed by atoms with Crippen molar-refractivity contribution in [3.05, 3.63) is 77.4 Å². The van der Waals surface area contributed by atoms with E-state index >= 15 is 4.39 Å². The minimum atomic E-state index is -0.605. The molecule has 9 nitrogen and oxygen atoms in total. The van der Waals surface area contributed by atoms with Gasteiger partial charge in [-0.05, 0) is 73.6 Å². The largest absolute Gasteiger partial charge is 0.383 e. The van der Waals surface area contributed by atoms with Gasteiger partial charge in [0.25, 0.3) is 5.91 Å². The van der Waals surface area contributed by atoms with Gasteiger partial charge in [0.2, 0.25) is 5.91 Å². The predicted molar refractivity (Wildman–Crippen MR) is 151 cm³/mol. The van der Waals surface area contributed by atoms with Crippen LogP contribution in [0.15, 0.2) is 54.6 Å². The number of carbonyl (C=O) groups is 2. The van der Waals surface area contributed by atoms with Crippen LogP contribution in [0.5, 0.6) is 0 Å². The highest BCUT2D eigenvalue weighted by Crippen LogP contribution is 2.34. The summed E-state index contributed by atoms with van der Waals surface area (Å²) in [5.41, 5.74) is 15.4. The molecule has 39 heavy (non-hydrogen) atoms. The number of amides is 2. The van der Waals surface area contributed by atoms with E-state index in [9.17, 15) is 9.59 Å². The zero-order chi connectivity index (χ0) is 27.7. The molecule has 200 valence electrons. The van der Waals surface area contributed by atoms with Gasteiger partial charge in [-0.15, -0.1) is 0 Å². The van der Waals surface area contributed by atoms with Crippen molar-refractivity contribution in [3.8, 4) is 11.1 Å². The van der Waals surface area contributed by atoms with E-state index in [4.69, 9.17) is 11.5 Å². The molecule has 1 aliphatic heterocycles. The molecule has 1 aromatic heterocycles. The third-order valence-corrected chi connectivity index (χ3v) is 6.99. The molecule has 2 amide bonds. The summed E-state index contributed by atoms with van der Waals surface area (Å²) < 4.78 is 15.7. The minimum absolute atomic E-state index is 0.0648. The van der Waals surface area contributed by atoms with E-state index in [0.717, 1.165) is 37.4 Å². The lowest BCUT2D eigenvalue weighted by Crippen LogP contribution is -2.44. The molecule has 0 unspecified atom stereocenters. The number of nitrogens with zero attached hydrogens (tertiary/aromatic N) is 4. The van der Waals surface area contributed by atoms with E-state index in [0.29, 0.717) is 22.4 Å². The van der Waals surface area contributed by atoms with Crippen LogP contribution in [0.3, 0.4) is 0 Å². The Kier molecular flexibility index (Phi) is 7.12. The molecule has 0 saturated carbocycles. The van der Waals surface area contributed by atoms with Crippen molar-refractivity contribution in [1.29, 1.82) is 0 Å². The Labute approximate surface area is 225 Å². The van der Waals surface area contributed by atoms with Gasteiger partial charge in [0.05, 0.1) is 17.3 Å². The number of benzene rings is 3. The summed E-state index contributed by atoms with van der Waals surface area (Å²) in [6.45, 7) is 5.77.